The zero-order chi connectivity index (χ0) is 11.0. The average molecular weight is 205 g/mol. The lowest BCUT2D eigenvalue weighted by molar-refractivity contribution is -0.384. The average Bonchev–Trinajstić information content (AvgIpc) is 2.25. The molecule has 0 heterocycles. The summed E-state index contributed by atoms with van der Waals surface area (Å²) in [5, 5.41) is 10.4. The van der Waals surface area contributed by atoms with E-state index in [-0.39, 0.29) is 23.3 Å². The van der Waals surface area contributed by atoms with E-state index in [1.165, 1.54) is 12.1 Å². The molecular formula is C11H11NO3. The number of carbonyl (C=O) groups excluding carboxylic acids is 1. The second kappa shape index (κ2) is 3.46. The number of hydrogen-bond acceptors (Lipinski definition) is 3. The summed E-state index contributed by atoms with van der Waals surface area (Å²) in [7, 11) is 0. The highest BCUT2D eigenvalue weighted by atomic mass is 16.6. The second-order valence-electron chi connectivity index (χ2n) is 3.91. The Balaban J connectivity index is 2.18. The Labute approximate surface area is 87.1 Å². The fourth-order valence-corrected chi connectivity index (χ4v) is 1.89. The smallest absolute Gasteiger partial charge is 0.269 e. The van der Waals surface area contributed by atoms with Crippen LogP contribution in [0.15, 0.2) is 24.3 Å². The van der Waals surface area contributed by atoms with E-state index in [9.17, 15) is 14.9 Å². The van der Waals surface area contributed by atoms with E-state index in [0.717, 1.165) is 5.56 Å². The summed E-state index contributed by atoms with van der Waals surface area (Å²) < 4.78 is 0. The summed E-state index contributed by atoms with van der Waals surface area (Å²) >= 11 is 0. The molecule has 0 spiro atoms. The number of nitro benzene ring substituents is 1. The van der Waals surface area contributed by atoms with Crippen molar-refractivity contribution in [2.75, 3.05) is 0 Å². The maximum absolute atomic E-state index is 11.1. The van der Waals surface area contributed by atoms with Gasteiger partial charge in [0.15, 0.2) is 0 Å². The van der Waals surface area contributed by atoms with E-state index < -0.39 is 4.92 Å². The zero-order valence-electron chi connectivity index (χ0n) is 8.34. The molecule has 2 unspecified atom stereocenters. The number of hydrogen-bond donors (Lipinski definition) is 0. The Bertz CT molecular complexity index is 410. The fourth-order valence-electron chi connectivity index (χ4n) is 1.89. The number of ketones is 1. The summed E-state index contributed by atoms with van der Waals surface area (Å²) in [4.78, 5) is 21.1. The number of nitrogens with zero attached hydrogens (tertiary/aromatic N) is 1. The first kappa shape index (κ1) is 9.83. The van der Waals surface area contributed by atoms with Gasteiger partial charge in [-0.1, -0.05) is 19.1 Å². The Hall–Kier alpha value is -1.71. The first-order valence-electron chi connectivity index (χ1n) is 4.86. The highest BCUT2D eigenvalue weighted by Gasteiger charge is 2.36. The van der Waals surface area contributed by atoms with Crippen LogP contribution in [0.3, 0.4) is 0 Å². The van der Waals surface area contributed by atoms with Crippen LogP contribution < -0.4 is 0 Å². The van der Waals surface area contributed by atoms with Crippen LogP contribution in [0.1, 0.15) is 24.8 Å². The zero-order valence-corrected chi connectivity index (χ0v) is 8.34. The summed E-state index contributed by atoms with van der Waals surface area (Å²) in [5.41, 5.74) is 1.12. The van der Waals surface area contributed by atoms with Crippen molar-refractivity contribution in [1.29, 1.82) is 0 Å². The topological polar surface area (TPSA) is 60.2 Å². The van der Waals surface area contributed by atoms with Crippen LogP contribution in [-0.4, -0.2) is 10.7 Å². The van der Waals surface area contributed by atoms with Crippen molar-refractivity contribution >= 4 is 11.5 Å². The molecule has 0 aliphatic heterocycles. The van der Waals surface area contributed by atoms with E-state index in [2.05, 4.69) is 0 Å². The monoisotopic (exact) mass is 205 g/mol. The Kier molecular flexibility index (Phi) is 2.26. The van der Waals surface area contributed by atoms with Crippen molar-refractivity contribution in [2.45, 2.75) is 19.3 Å². The van der Waals surface area contributed by atoms with Gasteiger partial charge in [-0.05, 0) is 5.56 Å². The number of carbonyl (C=O) groups is 1. The molecule has 0 aromatic heterocycles. The normalized spacial score (nSPS) is 24.7. The maximum Gasteiger partial charge on any atom is 0.269 e. The van der Waals surface area contributed by atoms with Gasteiger partial charge in [0, 0.05) is 30.4 Å². The molecule has 2 atom stereocenters. The third-order valence-electron chi connectivity index (χ3n) is 3.06. The molecule has 2 rings (SSSR count). The van der Waals surface area contributed by atoms with Crippen molar-refractivity contribution < 1.29 is 9.72 Å². The van der Waals surface area contributed by atoms with Crippen LogP contribution in [0.2, 0.25) is 0 Å². The number of non-ortho nitro benzene ring substituents is 1. The van der Waals surface area contributed by atoms with Gasteiger partial charge in [-0.15, -0.1) is 0 Å². The molecule has 1 aromatic carbocycles. The molecular weight excluding hydrogens is 194 g/mol. The third-order valence-corrected chi connectivity index (χ3v) is 3.06. The van der Waals surface area contributed by atoms with Crippen LogP contribution in [0.25, 0.3) is 0 Å². The van der Waals surface area contributed by atoms with Gasteiger partial charge in [0.2, 0.25) is 0 Å². The number of benzene rings is 1. The molecule has 78 valence electrons. The summed E-state index contributed by atoms with van der Waals surface area (Å²) in [6.07, 6.45) is 0.568. The Morgan fingerprint density at radius 3 is 2.33 bits per heavy atom. The number of Topliss-reactive ketones (excluding diaryl/α,β-unsaturated/α-hetero) is 1. The Morgan fingerprint density at radius 2 is 1.93 bits per heavy atom. The van der Waals surface area contributed by atoms with Gasteiger partial charge in [-0.25, -0.2) is 0 Å². The lowest BCUT2D eigenvalue weighted by Gasteiger charge is -2.32. The minimum absolute atomic E-state index is 0.0615. The molecule has 0 amide bonds. The first-order chi connectivity index (χ1) is 7.09. The number of nitro groups is 1. The van der Waals surface area contributed by atoms with Gasteiger partial charge >= 0.3 is 0 Å². The van der Waals surface area contributed by atoms with Crippen LogP contribution in [-0.2, 0) is 4.79 Å². The molecule has 4 heteroatoms. The van der Waals surface area contributed by atoms with E-state index in [1.54, 1.807) is 12.1 Å². The molecule has 1 aliphatic carbocycles. The molecule has 0 radical (unpaired) electrons. The standard InChI is InChI=1S/C11H11NO3/c1-7-10(6-11(7)13)8-2-4-9(5-3-8)12(14)15/h2-5,7,10H,6H2,1H3. The van der Waals surface area contributed by atoms with Gasteiger partial charge in [0.1, 0.15) is 5.78 Å². The molecule has 1 saturated carbocycles. The van der Waals surface area contributed by atoms with E-state index in [4.69, 9.17) is 0 Å². The molecule has 0 saturated heterocycles. The Morgan fingerprint density at radius 1 is 1.33 bits per heavy atom. The van der Waals surface area contributed by atoms with Crippen LogP contribution in [0.5, 0.6) is 0 Å². The molecule has 1 aliphatic rings. The van der Waals surface area contributed by atoms with Crippen LogP contribution >= 0.6 is 0 Å². The molecule has 0 N–H and O–H groups in total. The highest BCUT2D eigenvalue weighted by molar-refractivity contribution is 5.88. The number of rotatable bonds is 2. The minimum Gasteiger partial charge on any atom is -0.299 e. The highest BCUT2D eigenvalue weighted by Crippen LogP contribution is 2.39. The van der Waals surface area contributed by atoms with Crippen molar-refractivity contribution in [2.24, 2.45) is 5.92 Å². The molecule has 0 bridgehead atoms. The van der Waals surface area contributed by atoms with Gasteiger partial charge in [0.25, 0.3) is 5.69 Å². The second-order valence-corrected chi connectivity index (χ2v) is 3.91. The van der Waals surface area contributed by atoms with Gasteiger partial charge in [-0.2, -0.15) is 0 Å². The molecule has 1 fully saturated rings. The molecule has 15 heavy (non-hydrogen) atoms. The van der Waals surface area contributed by atoms with Crippen molar-refractivity contribution in [1.82, 2.24) is 0 Å². The van der Waals surface area contributed by atoms with Crippen LogP contribution in [0, 0.1) is 16.0 Å². The molecule has 4 nitrogen and oxygen atoms in total. The van der Waals surface area contributed by atoms with Crippen molar-refractivity contribution in [3.8, 4) is 0 Å². The van der Waals surface area contributed by atoms with Gasteiger partial charge < -0.3 is 0 Å². The van der Waals surface area contributed by atoms with E-state index in [0.29, 0.717) is 6.42 Å². The minimum atomic E-state index is -0.418. The first-order valence-corrected chi connectivity index (χ1v) is 4.86. The predicted octanol–water partition coefficient (Wildman–Crippen LogP) is 2.29. The van der Waals surface area contributed by atoms with Gasteiger partial charge in [-0.3, -0.25) is 14.9 Å². The quantitative estimate of drug-likeness (QED) is 0.549. The summed E-state index contributed by atoms with van der Waals surface area (Å²) in [6, 6.07) is 6.47. The fraction of sp³-hybridized carbons (Fsp3) is 0.364. The summed E-state index contributed by atoms with van der Waals surface area (Å²) in [5.74, 6) is 0.586. The largest absolute Gasteiger partial charge is 0.299 e. The maximum atomic E-state index is 11.1. The third kappa shape index (κ3) is 1.63. The SMILES string of the molecule is CC1C(=O)CC1c1ccc([N+](=O)[O-])cc1. The van der Waals surface area contributed by atoms with Crippen molar-refractivity contribution in [3.05, 3.63) is 39.9 Å². The van der Waals surface area contributed by atoms with Crippen molar-refractivity contribution in [3.63, 3.8) is 0 Å². The molecule has 1 aromatic rings. The van der Waals surface area contributed by atoms with Gasteiger partial charge in [0.05, 0.1) is 4.92 Å². The lowest BCUT2D eigenvalue weighted by atomic mass is 9.70. The van der Waals surface area contributed by atoms with E-state index >= 15 is 0 Å². The van der Waals surface area contributed by atoms with Crippen LogP contribution in [0.4, 0.5) is 5.69 Å². The predicted molar refractivity (Wildman–Crippen MR) is 54.6 cm³/mol. The lowest BCUT2D eigenvalue weighted by Crippen LogP contribution is -2.32. The summed E-state index contributed by atoms with van der Waals surface area (Å²) in [6.45, 7) is 1.90. The van der Waals surface area contributed by atoms with E-state index in [1.807, 2.05) is 6.92 Å².